The van der Waals surface area contributed by atoms with E-state index in [1.807, 2.05) is 0 Å². The van der Waals surface area contributed by atoms with E-state index in [-0.39, 0.29) is 45.4 Å². The third kappa shape index (κ3) is 90.6. The van der Waals surface area contributed by atoms with E-state index >= 15 is 0 Å². The highest BCUT2D eigenvalue weighted by Crippen LogP contribution is 0.648. The Labute approximate surface area is 46.2 Å². The summed E-state index contributed by atoms with van der Waals surface area (Å²) in [6.07, 6.45) is 0. The first kappa shape index (κ1) is 348. The van der Waals surface area contributed by atoms with Gasteiger partial charge in [-0.3, -0.25) is 0 Å². The van der Waals surface area contributed by atoms with E-state index in [4.69, 9.17) is 0 Å². The fraction of sp³-hybridized carbons (Fsp3) is 0. The van der Waals surface area contributed by atoms with Crippen LogP contribution in [-0.2, 0) is 13.5 Å². The van der Waals surface area contributed by atoms with E-state index in [0.29, 0.717) is 0 Å². The first-order valence-corrected chi connectivity index (χ1v) is 0. The Hall–Kier alpha value is 0.580. The average molecular weight is 119 g/mol. The number of hydrogen-bond donors (Lipinski definition) is 3. The molecular formula is H13N3S2. The van der Waals surface area contributed by atoms with Gasteiger partial charge in [0.25, 0.3) is 0 Å². The number of rotatable bonds is 0. The van der Waals surface area contributed by atoms with E-state index in [1.165, 1.54) is 0 Å². The van der Waals surface area contributed by atoms with Crippen molar-refractivity contribution in [2.45, 2.75) is 0 Å². The van der Waals surface area contributed by atoms with E-state index in [1.54, 1.807) is 0 Å². The Bertz CT molecular complexity index is 4.85. The molecule has 0 spiro atoms. The minimum atomic E-state index is 0. The van der Waals surface area contributed by atoms with Gasteiger partial charge in [-0.1, -0.05) is 0 Å². The van der Waals surface area contributed by atoms with E-state index in [9.17, 15) is 0 Å². The molecule has 0 aliphatic carbocycles. The van der Waals surface area contributed by atoms with Crippen molar-refractivity contribution < 1.29 is 0 Å². The molecule has 40 valence electrons. The first-order chi connectivity index (χ1) is 0. The molecule has 0 fully saturated rings. The van der Waals surface area contributed by atoms with Gasteiger partial charge in [-0.25, -0.2) is 0 Å². The summed E-state index contributed by atoms with van der Waals surface area (Å²) in [5.74, 6) is 0. The summed E-state index contributed by atoms with van der Waals surface area (Å²) in [6, 6.07) is 0. The predicted molar refractivity (Wildman–Crippen MR) is 34.7 cm³/mol. The Morgan fingerprint density at radius 3 is 0.800 bits per heavy atom. The molecule has 0 radical (unpaired) electrons. The molecule has 0 saturated carbocycles. The monoisotopic (exact) mass is 119 g/mol. The summed E-state index contributed by atoms with van der Waals surface area (Å²) in [7, 11) is 0. The van der Waals surface area contributed by atoms with Gasteiger partial charge in [-0.05, 0) is 0 Å². The maximum atomic E-state index is 0. The molecule has 0 aliphatic heterocycles. The van der Waals surface area contributed by atoms with Crippen LogP contribution in [0.15, 0.2) is 0 Å². The van der Waals surface area contributed by atoms with Gasteiger partial charge in [0.2, 0.25) is 0 Å². The minimum Gasteiger partial charge on any atom is -2.00 e. The first-order valence-electron chi connectivity index (χ1n) is 0. The minimum absolute atomic E-state index is 0. The Morgan fingerprint density at radius 2 is 0.800 bits per heavy atom. The lowest BCUT2D eigenvalue weighted by molar-refractivity contribution is 2.13. The second-order valence-corrected chi connectivity index (χ2v) is 0. The van der Waals surface area contributed by atoms with E-state index in [0.717, 1.165) is 0 Å². The topological polar surface area (TPSA) is 108 Å². The molecule has 0 aromatic heterocycles. The third-order valence-corrected chi connectivity index (χ3v) is 0. The van der Waals surface area contributed by atoms with Gasteiger partial charge in [0.05, 0.1) is 0 Å². The predicted octanol–water partition coefficient (Wildman–Crippen LogP) is 1.02. The van der Waals surface area contributed by atoms with Gasteiger partial charge in [-0.2, -0.15) is 13.5 Å². The van der Waals surface area contributed by atoms with Crippen LogP contribution in [0.1, 0.15) is 0 Å². The molecule has 0 aromatic carbocycles. The van der Waals surface area contributed by atoms with Crippen LogP contribution in [0.25, 0.3) is 0 Å². The van der Waals surface area contributed by atoms with Crippen molar-refractivity contribution in [1.82, 2.24) is 18.5 Å². The molecule has 0 bridgehead atoms. The molecule has 5 heteroatoms. The maximum absolute atomic E-state index is 0. The van der Waals surface area contributed by atoms with Crippen LogP contribution < -0.4 is 18.5 Å². The summed E-state index contributed by atoms with van der Waals surface area (Å²) in [4.78, 5) is 0. The largest absolute Gasteiger partial charge is 2.00 e. The molecule has 0 saturated heterocycles. The SMILES string of the molecule is N.S.[NH4+].[NH4+].[S-2]. The van der Waals surface area contributed by atoms with Gasteiger partial charge >= 0.3 is 0 Å². The summed E-state index contributed by atoms with van der Waals surface area (Å²) in [5.41, 5.74) is 0. The van der Waals surface area contributed by atoms with Gasteiger partial charge in [0, 0.05) is 0 Å². The highest BCUT2D eigenvalue weighted by Gasteiger charge is -0.197. The number of hydrogen-bond acceptors (Lipinski definition) is 1. The molecule has 11 N–H and O–H groups in total. The van der Waals surface area contributed by atoms with Crippen molar-refractivity contribution in [3.63, 3.8) is 0 Å². The second kappa shape index (κ2) is 174. The molecule has 0 aliphatic rings. The van der Waals surface area contributed by atoms with Gasteiger partial charge in [-0.15, -0.1) is 0 Å². The van der Waals surface area contributed by atoms with Crippen molar-refractivity contribution in [3.05, 3.63) is 0 Å². The summed E-state index contributed by atoms with van der Waals surface area (Å²) in [6.45, 7) is 0. The molecule has 0 aromatic rings. The summed E-state index contributed by atoms with van der Waals surface area (Å²) in [5, 5.41) is 0. The molecule has 3 nitrogen and oxygen atoms in total. The molecule has 0 heterocycles. The smallest absolute Gasteiger partial charge is 0.197 e. The van der Waals surface area contributed by atoms with Crippen molar-refractivity contribution in [1.29, 1.82) is 0 Å². The molecular weight excluding hydrogens is 106 g/mol. The normalized spacial score (nSPS) is 0. The lowest BCUT2D eigenvalue weighted by Crippen LogP contribution is -0.482. The molecule has 5 heavy (non-hydrogen) atoms. The van der Waals surface area contributed by atoms with Crippen LogP contribution in [0, 0.1) is 0 Å². The van der Waals surface area contributed by atoms with Crippen LogP contribution in [0.3, 0.4) is 0 Å². The number of quaternary nitrogens is 2. The van der Waals surface area contributed by atoms with E-state index in [2.05, 4.69) is 0 Å². The van der Waals surface area contributed by atoms with Crippen molar-refractivity contribution in [2.24, 2.45) is 0 Å². The third-order valence-electron chi connectivity index (χ3n) is 0. The Kier molecular flexibility index (Phi) is 12100. The molecule has 0 amide bonds. The molecule has 0 unspecified atom stereocenters. The van der Waals surface area contributed by atoms with Crippen LogP contribution >= 0.6 is 13.5 Å². The van der Waals surface area contributed by atoms with Crippen LogP contribution in [0.5, 0.6) is 0 Å². The van der Waals surface area contributed by atoms with Gasteiger partial charge in [0.15, 0.2) is 0 Å². The Balaban J connectivity index is 0. The van der Waals surface area contributed by atoms with Crippen molar-refractivity contribution in [2.75, 3.05) is 0 Å². The average Bonchev–Trinajstić information content (AvgIpc) is 0. The fourth-order valence-electron chi connectivity index (χ4n) is 0. The van der Waals surface area contributed by atoms with Crippen LogP contribution in [0.4, 0.5) is 0 Å². The summed E-state index contributed by atoms with van der Waals surface area (Å²) < 4.78 is 0. The van der Waals surface area contributed by atoms with Crippen molar-refractivity contribution in [3.8, 4) is 0 Å². The summed E-state index contributed by atoms with van der Waals surface area (Å²) >= 11 is 0. The Morgan fingerprint density at radius 1 is 0.800 bits per heavy atom. The molecule has 0 rings (SSSR count). The van der Waals surface area contributed by atoms with Crippen LogP contribution in [-0.4, -0.2) is 0 Å². The molecule has 0 atom stereocenters. The van der Waals surface area contributed by atoms with E-state index < -0.39 is 0 Å². The highest BCUT2D eigenvalue weighted by molar-refractivity contribution is 7.59. The lowest BCUT2D eigenvalue weighted by Gasteiger charge is -2.00. The lowest BCUT2D eigenvalue weighted by atomic mass is 14.0. The standard InChI is InChI=1S/3H3N.H2S.S/h3*1H3;1H2;/q;;;;-2/p+2. The van der Waals surface area contributed by atoms with Crippen LogP contribution in [0.2, 0.25) is 0 Å². The quantitative estimate of drug-likeness (QED) is 0.435. The zero-order chi connectivity index (χ0) is 0. The zero-order valence-electron chi connectivity index (χ0n) is 3.62. The van der Waals surface area contributed by atoms with Crippen molar-refractivity contribution >= 4 is 27.0 Å². The fourth-order valence-corrected chi connectivity index (χ4v) is 0. The second-order valence-electron chi connectivity index (χ2n) is 0. The zero-order valence-corrected chi connectivity index (χ0v) is 5.43. The van der Waals surface area contributed by atoms with Gasteiger partial charge < -0.3 is 31.9 Å². The highest BCUT2D eigenvalue weighted by atomic mass is 32.1. The van der Waals surface area contributed by atoms with Gasteiger partial charge in [0.1, 0.15) is 0 Å². The maximum Gasteiger partial charge on any atom is -0.197 e.